The summed E-state index contributed by atoms with van der Waals surface area (Å²) in [7, 11) is 0. The molecule has 0 amide bonds. The van der Waals surface area contributed by atoms with Crippen molar-refractivity contribution in [2.24, 2.45) is 22.2 Å². The number of hydrogen-bond acceptors (Lipinski definition) is 0. The van der Waals surface area contributed by atoms with E-state index < -0.39 is 0 Å². The zero-order chi connectivity index (χ0) is 13.9. The maximum Gasteiger partial charge on any atom is -0.0247 e. The maximum absolute atomic E-state index is 2.50. The fourth-order valence-corrected chi connectivity index (χ4v) is 3.39. The third-order valence-electron chi connectivity index (χ3n) is 6.55. The molecule has 2 unspecified atom stereocenters. The minimum absolute atomic E-state index is 0.375. The molecule has 0 bridgehead atoms. The van der Waals surface area contributed by atoms with E-state index in [0.717, 1.165) is 5.92 Å². The lowest BCUT2D eigenvalue weighted by molar-refractivity contribution is -0.0711. The second-order valence-electron chi connectivity index (χ2n) is 7.32. The first kappa shape index (κ1) is 17.0. The van der Waals surface area contributed by atoms with E-state index in [4.69, 9.17) is 0 Å². The highest BCUT2D eigenvalue weighted by atomic mass is 14.5. The van der Waals surface area contributed by atoms with Crippen LogP contribution in [-0.2, 0) is 0 Å². The molecule has 0 aromatic rings. The smallest absolute Gasteiger partial charge is 0.0247 e. The Labute approximate surface area is 111 Å². The highest BCUT2D eigenvalue weighted by Gasteiger charge is 2.50. The molecule has 0 heteroatoms. The molecular weight excluding hydrogens is 204 g/mol. The molecule has 0 saturated heterocycles. The minimum atomic E-state index is 0.375. The molecule has 0 radical (unpaired) electrons. The first-order valence-electron chi connectivity index (χ1n) is 7.60. The van der Waals surface area contributed by atoms with E-state index in [1.807, 2.05) is 0 Å². The fraction of sp³-hybridized carbons (Fsp3) is 1.00. The molecule has 0 aromatic carbocycles. The van der Waals surface area contributed by atoms with Gasteiger partial charge in [-0.25, -0.2) is 0 Å². The topological polar surface area (TPSA) is 0 Å². The third kappa shape index (κ3) is 2.88. The van der Waals surface area contributed by atoms with Gasteiger partial charge in [0, 0.05) is 0 Å². The van der Waals surface area contributed by atoms with Crippen LogP contribution < -0.4 is 0 Å². The van der Waals surface area contributed by atoms with Gasteiger partial charge >= 0.3 is 0 Å². The molecule has 0 heterocycles. The second-order valence-corrected chi connectivity index (χ2v) is 7.32. The second kappa shape index (κ2) is 5.76. The van der Waals surface area contributed by atoms with Crippen LogP contribution in [-0.4, -0.2) is 0 Å². The van der Waals surface area contributed by atoms with E-state index in [1.165, 1.54) is 25.7 Å². The molecule has 0 fully saturated rings. The molecule has 2 atom stereocenters. The van der Waals surface area contributed by atoms with Crippen molar-refractivity contribution in [1.29, 1.82) is 0 Å². The Morgan fingerprint density at radius 3 is 1.65 bits per heavy atom. The van der Waals surface area contributed by atoms with Gasteiger partial charge in [-0.3, -0.25) is 0 Å². The molecule has 0 aliphatic rings. The van der Waals surface area contributed by atoms with Crippen LogP contribution in [0.15, 0.2) is 0 Å². The molecule has 104 valence electrons. The Hall–Kier alpha value is 0. The summed E-state index contributed by atoms with van der Waals surface area (Å²) in [5.74, 6) is 0.778. The Kier molecular flexibility index (Phi) is 5.76. The Morgan fingerprint density at radius 2 is 1.35 bits per heavy atom. The summed E-state index contributed by atoms with van der Waals surface area (Å²) in [5.41, 5.74) is 1.22. The minimum Gasteiger partial charge on any atom is -0.0654 e. The highest BCUT2D eigenvalue weighted by molar-refractivity contribution is 4.99. The van der Waals surface area contributed by atoms with E-state index in [1.54, 1.807) is 0 Å². The lowest BCUT2D eigenvalue weighted by atomic mass is 9.49. The highest BCUT2D eigenvalue weighted by Crippen LogP contribution is 2.58. The predicted octanol–water partition coefficient (Wildman–Crippen LogP) is 6.30. The summed E-state index contributed by atoms with van der Waals surface area (Å²) >= 11 is 0. The van der Waals surface area contributed by atoms with Crippen molar-refractivity contribution in [3.8, 4) is 0 Å². The van der Waals surface area contributed by atoms with Gasteiger partial charge in [-0.2, -0.15) is 0 Å². The summed E-state index contributed by atoms with van der Waals surface area (Å²) in [6.07, 6.45) is 5.21. The van der Waals surface area contributed by atoms with Gasteiger partial charge < -0.3 is 0 Å². The SMILES string of the molecule is CCCC(C)(CC)C(C)(C)C(C)(C)C(C)CC. The summed E-state index contributed by atoms with van der Waals surface area (Å²) in [6, 6.07) is 0. The first-order chi connectivity index (χ1) is 7.60. The Bertz CT molecular complexity index is 217. The average Bonchev–Trinajstić information content (AvgIpc) is 2.27. The quantitative estimate of drug-likeness (QED) is 0.490. The zero-order valence-electron chi connectivity index (χ0n) is 13.9. The summed E-state index contributed by atoms with van der Waals surface area (Å²) in [6.45, 7) is 21.9. The van der Waals surface area contributed by atoms with Crippen molar-refractivity contribution in [1.82, 2.24) is 0 Å². The van der Waals surface area contributed by atoms with Crippen LogP contribution >= 0.6 is 0 Å². The van der Waals surface area contributed by atoms with Gasteiger partial charge in [0.15, 0.2) is 0 Å². The van der Waals surface area contributed by atoms with Gasteiger partial charge in [0.2, 0.25) is 0 Å². The van der Waals surface area contributed by atoms with Crippen LogP contribution in [0.2, 0.25) is 0 Å². The monoisotopic (exact) mass is 240 g/mol. The zero-order valence-corrected chi connectivity index (χ0v) is 13.9. The van der Waals surface area contributed by atoms with Crippen molar-refractivity contribution in [3.63, 3.8) is 0 Å². The van der Waals surface area contributed by atoms with Crippen LogP contribution in [0.4, 0.5) is 0 Å². The molecule has 0 rings (SSSR count). The van der Waals surface area contributed by atoms with Crippen LogP contribution in [0.25, 0.3) is 0 Å². The largest absolute Gasteiger partial charge is 0.0654 e. The molecule has 0 spiro atoms. The van der Waals surface area contributed by atoms with E-state index >= 15 is 0 Å². The van der Waals surface area contributed by atoms with Gasteiger partial charge in [0.05, 0.1) is 0 Å². The van der Waals surface area contributed by atoms with Gasteiger partial charge in [-0.1, -0.05) is 81.6 Å². The van der Waals surface area contributed by atoms with Crippen LogP contribution in [0.1, 0.15) is 88.0 Å². The van der Waals surface area contributed by atoms with Crippen molar-refractivity contribution in [3.05, 3.63) is 0 Å². The fourth-order valence-electron chi connectivity index (χ4n) is 3.39. The predicted molar refractivity (Wildman–Crippen MR) is 80.3 cm³/mol. The molecule has 0 nitrogen and oxygen atoms in total. The van der Waals surface area contributed by atoms with Crippen molar-refractivity contribution < 1.29 is 0 Å². The van der Waals surface area contributed by atoms with E-state index in [-0.39, 0.29) is 0 Å². The summed E-state index contributed by atoms with van der Waals surface area (Å²) in [5, 5.41) is 0. The molecule has 0 saturated carbocycles. The maximum atomic E-state index is 2.50. The van der Waals surface area contributed by atoms with Crippen molar-refractivity contribution in [2.75, 3.05) is 0 Å². The molecule has 0 aromatic heterocycles. The molecule has 0 aliphatic carbocycles. The van der Waals surface area contributed by atoms with Gasteiger partial charge in [0.1, 0.15) is 0 Å². The van der Waals surface area contributed by atoms with E-state index in [9.17, 15) is 0 Å². The van der Waals surface area contributed by atoms with Crippen molar-refractivity contribution >= 4 is 0 Å². The van der Waals surface area contributed by atoms with Crippen molar-refractivity contribution in [2.45, 2.75) is 88.0 Å². The number of rotatable bonds is 7. The number of hydrogen-bond donors (Lipinski definition) is 0. The standard InChI is InChI=1S/C17H36/c1-10-13-17(9,12-3)16(7,8)15(5,6)14(4)11-2/h14H,10-13H2,1-9H3. The van der Waals surface area contributed by atoms with Gasteiger partial charge in [-0.15, -0.1) is 0 Å². The normalized spacial score (nSPS) is 18.9. The summed E-state index contributed by atoms with van der Waals surface area (Å²) in [4.78, 5) is 0. The van der Waals surface area contributed by atoms with Crippen LogP contribution in [0.5, 0.6) is 0 Å². The lowest BCUT2D eigenvalue weighted by Gasteiger charge is -2.56. The Balaban J connectivity index is 5.34. The molecule has 17 heavy (non-hydrogen) atoms. The van der Waals surface area contributed by atoms with E-state index in [2.05, 4.69) is 62.3 Å². The molecule has 0 N–H and O–H groups in total. The third-order valence-corrected chi connectivity index (χ3v) is 6.55. The van der Waals surface area contributed by atoms with Gasteiger partial charge in [-0.05, 0) is 28.6 Å². The van der Waals surface area contributed by atoms with Crippen LogP contribution in [0.3, 0.4) is 0 Å². The molecular formula is C17H36. The molecule has 0 aliphatic heterocycles. The Morgan fingerprint density at radius 1 is 0.882 bits per heavy atom. The van der Waals surface area contributed by atoms with Crippen LogP contribution in [0, 0.1) is 22.2 Å². The first-order valence-corrected chi connectivity index (χ1v) is 7.60. The lowest BCUT2D eigenvalue weighted by Crippen LogP contribution is -2.48. The van der Waals surface area contributed by atoms with Gasteiger partial charge in [0.25, 0.3) is 0 Å². The summed E-state index contributed by atoms with van der Waals surface area (Å²) < 4.78 is 0. The average molecular weight is 240 g/mol. The van der Waals surface area contributed by atoms with E-state index in [0.29, 0.717) is 16.2 Å².